The Bertz CT molecular complexity index is 616. The molecule has 24 heavy (non-hydrogen) atoms. The molecule has 1 rings (SSSR count). The molecule has 8 heteroatoms. The Kier molecular flexibility index (Phi) is 6.91. The van der Waals surface area contributed by atoms with E-state index in [9.17, 15) is 19.2 Å². The van der Waals surface area contributed by atoms with Crippen LogP contribution >= 0.6 is 0 Å². The van der Waals surface area contributed by atoms with Gasteiger partial charge in [-0.15, -0.1) is 0 Å². The summed E-state index contributed by atoms with van der Waals surface area (Å²) in [6.07, 6.45) is -0.553. The Hall–Kier alpha value is -2.90. The van der Waals surface area contributed by atoms with Crippen molar-refractivity contribution in [3.05, 3.63) is 12.1 Å². The monoisotopic (exact) mass is 336 g/mol. The van der Waals surface area contributed by atoms with Gasteiger partial charge in [0.2, 0.25) is 11.8 Å². The number of Topliss-reactive ketones (excluding diaryl/α,β-unsaturated/α-hetero) is 2. The molecule has 0 atom stereocenters. The summed E-state index contributed by atoms with van der Waals surface area (Å²) in [5.74, 6) is -0.981. The molecular weight excluding hydrogens is 316 g/mol. The molecule has 2 N–H and O–H groups in total. The van der Waals surface area contributed by atoms with Gasteiger partial charge in [-0.05, 0) is 19.9 Å². The third kappa shape index (κ3) is 5.71. The first-order valence-electron chi connectivity index (χ1n) is 7.11. The van der Waals surface area contributed by atoms with E-state index in [2.05, 4.69) is 10.6 Å². The molecule has 0 aliphatic rings. The molecule has 0 radical (unpaired) electrons. The van der Waals surface area contributed by atoms with Crippen LogP contribution in [0.4, 0.5) is 11.4 Å². The van der Waals surface area contributed by atoms with Crippen molar-refractivity contribution >= 4 is 34.8 Å². The lowest BCUT2D eigenvalue weighted by molar-refractivity contribution is -0.125. The van der Waals surface area contributed by atoms with Gasteiger partial charge in [0.15, 0.2) is 0 Å². The van der Waals surface area contributed by atoms with Gasteiger partial charge in [0, 0.05) is 6.07 Å². The van der Waals surface area contributed by atoms with Crippen molar-refractivity contribution in [1.29, 1.82) is 0 Å². The molecule has 130 valence electrons. The predicted octanol–water partition coefficient (Wildman–Crippen LogP) is 1.54. The summed E-state index contributed by atoms with van der Waals surface area (Å²) >= 11 is 0. The number of carbonyl (C=O) groups is 4. The minimum atomic E-state index is -0.507. The normalized spacial score (nSPS) is 9.83. The van der Waals surface area contributed by atoms with Crippen LogP contribution in [-0.4, -0.2) is 37.6 Å². The van der Waals surface area contributed by atoms with E-state index in [0.717, 1.165) is 0 Å². The zero-order valence-electron chi connectivity index (χ0n) is 14.0. The van der Waals surface area contributed by atoms with Crippen molar-refractivity contribution in [3.63, 3.8) is 0 Å². The fourth-order valence-electron chi connectivity index (χ4n) is 1.94. The van der Waals surface area contributed by atoms with Gasteiger partial charge in [0.05, 0.1) is 38.4 Å². The van der Waals surface area contributed by atoms with Gasteiger partial charge < -0.3 is 20.1 Å². The zero-order chi connectivity index (χ0) is 18.3. The quantitative estimate of drug-likeness (QED) is 0.697. The summed E-state index contributed by atoms with van der Waals surface area (Å²) in [4.78, 5) is 45.6. The summed E-state index contributed by atoms with van der Waals surface area (Å²) in [6.45, 7) is 2.61. The van der Waals surface area contributed by atoms with Crippen molar-refractivity contribution in [2.45, 2.75) is 26.7 Å². The Labute approximate surface area is 139 Å². The molecule has 0 unspecified atom stereocenters. The highest BCUT2D eigenvalue weighted by Crippen LogP contribution is 2.36. The fourth-order valence-corrected chi connectivity index (χ4v) is 1.94. The second kappa shape index (κ2) is 8.66. The summed E-state index contributed by atoms with van der Waals surface area (Å²) in [6, 6.07) is 2.92. The summed E-state index contributed by atoms with van der Waals surface area (Å²) < 4.78 is 10.3. The molecule has 0 bridgehead atoms. The first kappa shape index (κ1) is 19.1. The first-order valence-corrected chi connectivity index (χ1v) is 7.11. The Morgan fingerprint density at radius 2 is 1.17 bits per heavy atom. The van der Waals surface area contributed by atoms with Gasteiger partial charge in [0.25, 0.3) is 0 Å². The number of amides is 2. The third-order valence-corrected chi connectivity index (χ3v) is 2.89. The minimum Gasteiger partial charge on any atom is -0.494 e. The molecule has 0 heterocycles. The molecule has 8 nitrogen and oxygen atoms in total. The van der Waals surface area contributed by atoms with Crippen LogP contribution in [-0.2, 0) is 19.2 Å². The number of hydrogen-bond donors (Lipinski definition) is 2. The summed E-state index contributed by atoms with van der Waals surface area (Å²) in [7, 11) is 2.81. The number of ether oxygens (including phenoxy) is 2. The maximum absolute atomic E-state index is 11.8. The maximum atomic E-state index is 11.8. The van der Waals surface area contributed by atoms with E-state index in [0.29, 0.717) is 11.5 Å². The van der Waals surface area contributed by atoms with Gasteiger partial charge in [-0.25, -0.2) is 0 Å². The van der Waals surface area contributed by atoms with E-state index in [4.69, 9.17) is 9.47 Å². The maximum Gasteiger partial charge on any atom is 0.231 e. The zero-order valence-corrected chi connectivity index (χ0v) is 14.0. The van der Waals surface area contributed by atoms with Crippen LogP contribution in [0.25, 0.3) is 0 Å². The van der Waals surface area contributed by atoms with E-state index < -0.39 is 11.8 Å². The average molecular weight is 336 g/mol. The van der Waals surface area contributed by atoms with Crippen LogP contribution in [0.1, 0.15) is 26.7 Å². The number of nitrogens with one attached hydrogen (secondary N) is 2. The van der Waals surface area contributed by atoms with Crippen molar-refractivity contribution in [2.24, 2.45) is 0 Å². The molecule has 1 aromatic rings. The third-order valence-electron chi connectivity index (χ3n) is 2.89. The van der Waals surface area contributed by atoms with E-state index in [-0.39, 0.29) is 35.8 Å². The second-order valence-electron chi connectivity index (χ2n) is 5.11. The number of rotatable bonds is 8. The highest BCUT2D eigenvalue weighted by molar-refractivity contribution is 6.06. The molecular formula is C16H20N2O6. The lowest BCUT2D eigenvalue weighted by atomic mass is 10.2. The number of hydrogen-bond acceptors (Lipinski definition) is 6. The molecule has 0 saturated heterocycles. The molecule has 0 aromatic heterocycles. The van der Waals surface area contributed by atoms with E-state index in [1.165, 1.54) is 40.2 Å². The number of anilines is 2. The highest BCUT2D eigenvalue weighted by Gasteiger charge is 2.16. The largest absolute Gasteiger partial charge is 0.494 e. The molecule has 0 fully saturated rings. The Morgan fingerprint density at radius 1 is 0.792 bits per heavy atom. The predicted molar refractivity (Wildman–Crippen MR) is 87.4 cm³/mol. The van der Waals surface area contributed by atoms with Gasteiger partial charge >= 0.3 is 0 Å². The molecule has 2 amide bonds. The molecule has 0 aliphatic carbocycles. The molecule has 0 aliphatic heterocycles. The average Bonchev–Trinajstić information content (AvgIpc) is 2.45. The van der Waals surface area contributed by atoms with Crippen LogP contribution in [0.2, 0.25) is 0 Å². The number of benzene rings is 1. The second-order valence-corrected chi connectivity index (χ2v) is 5.11. The topological polar surface area (TPSA) is 111 Å². The standard InChI is InChI=1S/C16H20N2O6/c1-9(19)5-15(21)17-11-7-12(18-16(22)6-10(2)20)14(24-4)8-13(11)23-3/h7-8H,5-6H2,1-4H3,(H,17,21)(H,18,22). The number of methoxy groups -OCH3 is 2. The van der Waals surface area contributed by atoms with Crippen molar-refractivity contribution < 1.29 is 28.7 Å². The highest BCUT2D eigenvalue weighted by atomic mass is 16.5. The smallest absolute Gasteiger partial charge is 0.231 e. The van der Waals surface area contributed by atoms with Crippen molar-refractivity contribution in [2.75, 3.05) is 24.9 Å². The molecule has 1 aromatic carbocycles. The van der Waals surface area contributed by atoms with Crippen LogP contribution in [0.3, 0.4) is 0 Å². The van der Waals surface area contributed by atoms with Gasteiger partial charge in [-0.2, -0.15) is 0 Å². The van der Waals surface area contributed by atoms with Crippen LogP contribution in [0, 0.1) is 0 Å². The summed E-state index contributed by atoms with van der Waals surface area (Å²) in [5, 5.41) is 5.08. The van der Waals surface area contributed by atoms with Crippen molar-refractivity contribution in [1.82, 2.24) is 0 Å². The van der Waals surface area contributed by atoms with E-state index in [1.807, 2.05) is 0 Å². The van der Waals surface area contributed by atoms with Crippen LogP contribution in [0.15, 0.2) is 12.1 Å². The van der Waals surface area contributed by atoms with Crippen LogP contribution in [0.5, 0.6) is 11.5 Å². The SMILES string of the molecule is COc1cc(OC)c(NC(=O)CC(C)=O)cc1NC(=O)CC(C)=O. The Balaban J connectivity index is 3.11. The fraction of sp³-hybridized carbons (Fsp3) is 0.375. The molecule has 0 spiro atoms. The van der Waals surface area contributed by atoms with E-state index >= 15 is 0 Å². The first-order chi connectivity index (χ1) is 11.3. The number of ketones is 2. The number of carbonyl (C=O) groups excluding carboxylic acids is 4. The summed E-state index contributed by atoms with van der Waals surface area (Å²) in [5.41, 5.74) is 0.533. The van der Waals surface area contributed by atoms with E-state index in [1.54, 1.807) is 0 Å². The van der Waals surface area contributed by atoms with Gasteiger partial charge in [-0.3, -0.25) is 19.2 Å². The lowest BCUT2D eigenvalue weighted by Crippen LogP contribution is -2.17. The van der Waals surface area contributed by atoms with Gasteiger partial charge in [-0.1, -0.05) is 0 Å². The minimum absolute atomic E-state index is 0.266. The molecule has 0 saturated carbocycles. The van der Waals surface area contributed by atoms with Crippen molar-refractivity contribution in [3.8, 4) is 11.5 Å². The lowest BCUT2D eigenvalue weighted by Gasteiger charge is -2.16. The Morgan fingerprint density at radius 3 is 1.46 bits per heavy atom. The van der Waals surface area contributed by atoms with Gasteiger partial charge in [0.1, 0.15) is 23.1 Å². The van der Waals surface area contributed by atoms with Crippen LogP contribution < -0.4 is 20.1 Å².